The molecule has 0 bridgehead atoms. The fraction of sp³-hybridized carbons (Fsp3) is 0.579. The van der Waals surface area contributed by atoms with Gasteiger partial charge in [0.2, 0.25) is 0 Å². The number of pyridine rings is 1. The molecule has 4 rings (SSSR count). The summed E-state index contributed by atoms with van der Waals surface area (Å²) in [6, 6.07) is 3.61. The summed E-state index contributed by atoms with van der Waals surface area (Å²) in [7, 11) is 0. The number of nitrogens with zero attached hydrogens (tertiary/aromatic N) is 3. The highest BCUT2D eigenvalue weighted by atomic mass is 19.3. The minimum atomic E-state index is -2.97. The second kappa shape index (κ2) is 6.15. The van der Waals surface area contributed by atoms with Crippen LogP contribution in [-0.4, -0.2) is 32.1 Å². The smallest absolute Gasteiger partial charge is 0.387 e. The molecule has 4 atom stereocenters. The molecule has 2 aliphatic rings. The fourth-order valence-corrected chi connectivity index (χ4v) is 4.54. The molecule has 2 fully saturated rings. The first kappa shape index (κ1) is 18.2. The van der Waals surface area contributed by atoms with Gasteiger partial charge in [0.25, 0.3) is 0 Å². The first-order chi connectivity index (χ1) is 12.7. The van der Waals surface area contributed by atoms with E-state index in [0.717, 1.165) is 18.5 Å². The van der Waals surface area contributed by atoms with E-state index in [-0.39, 0.29) is 17.6 Å². The lowest BCUT2D eigenvalue weighted by atomic mass is 9.95. The molecule has 2 aliphatic carbocycles. The Hall–Kier alpha value is -2.22. The molecule has 0 radical (unpaired) electrons. The lowest BCUT2D eigenvalue weighted by Crippen LogP contribution is -2.22. The number of hydrogen-bond donors (Lipinski definition) is 2. The van der Waals surface area contributed by atoms with Gasteiger partial charge >= 0.3 is 6.61 Å². The Kier molecular flexibility index (Phi) is 4.14. The van der Waals surface area contributed by atoms with Gasteiger partial charge in [-0.1, -0.05) is 0 Å². The molecule has 6 nitrogen and oxygen atoms in total. The Bertz CT molecular complexity index is 851. The summed E-state index contributed by atoms with van der Waals surface area (Å²) >= 11 is 0. The average molecular weight is 378 g/mol. The predicted octanol–water partition coefficient (Wildman–Crippen LogP) is 3.58. The minimum absolute atomic E-state index is 0.0819. The van der Waals surface area contributed by atoms with Crippen LogP contribution >= 0.6 is 0 Å². The van der Waals surface area contributed by atoms with Crippen LogP contribution < -0.4 is 10.5 Å². The second-order valence-corrected chi connectivity index (χ2v) is 8.24. The number of nitrogens with two attached hydrogens (primary N) is 1. The Morgan fingerprint density at radius 2 is 1.96 bits per heavy atom. The lowest BCUT2D eigenvalue weighted by Gasteiger charge is -2.20. The molecule has 2 aromatic heterocycles. The molecule has 8 heteroatoms. The van der Waals surface area contributed by atoms with Crippen molar-refractivity contribution in [3.63, 3.8) is 0 Å². The normalized spacial score (nSPS) is 29.4. The van der Waals surface area contributed by atoms with Crippen molar-refractivity contribution in [3.05, 3.63) is 24.0 Å². The number of alkyl halides is 2. The van der Waals surface area contributed by atoms with Crippen molar-refractivity contribution in [2.45, 2.75) is 57.8 Å². The van der Waals surface area contributed by atoms with Gasteiger partial charge in [-0.15, -0.1) is 0 Å². The third-order valence-corrected chi connectivity index (χ3v) is 5.67. The third-order valence-electron chi connectivity index (χ3n) is 5.67. The quantitative estimate of drug-likeness (QED) is 0.830. The maximum Gasteiger partial charge on any atom is 0.387 e. The number of halogens is 2. The summed E-state index contributed by atoms with van der Waals surface area (Å²) in [6.07, 6.45) is 3.12. The highest BCUT2D eigenvalue weighted by Gasteiger charge is 2.61. The average Bonchev–Trinajstić information content (AvgIpc) is 2.94. The summed E-state index contributed by atoms with van der Waals surface area (Å²) < 4.78 is 31.6. The van der Waals surface area contributed by atoms with Gasteiger partial charge in [-0.3, -0.25) is 4.68 Å². The van der Waals surface area contributed by atoms with Gasteiger partial charge in [0.05, 0.1) is 11.3 Å². The molecule has 2 heterocycles. The van der Waals surface area contributed by atoms with Gasteiger partial charge in [0, 0.05) is 29.4 Å². The van der Waals surface area contributed by atoms with Crippen molar-refractivity contribution >= 4 is 5.82 Å². The molecule has 2 aromatic rings. The van der Waals surface area contributed by atoms with E-state index < -0.39 is 12.2 Å². The van der Waals surface area contributed by atoms with E-state index in [0.29, 0.717) is 29.0 Å². The maximum atomic E-state index is 12.6. The van der Waals surface area contributed by atoms with Crippen LogP contribution in [0, 0.1) is 11.8 Å². The molecule has 0 aromatic carbocycles. The molecular weight excluding hydrogens is 354 g/mol. The highest BCUT2D eigenvalue weighted by molar-refractivity contribution is 5.64. The van der Waals surface area contributed by atoms with E-state index in [9.17, 15) is 13.9 Å². The van der Waals surface area contributed by atoms with Gasteiger partial charge in [0.1, 0.15) is 0 Å². The largest absolute Gasteiger partial charge is 0.431 e. The number of anilines is 1. The van der Waals surface area contributed by atoms with Crippen LogP contribution in [-0.2, 0) is 0 Å². The summed E-state index contributed by atoms with van der Waals surface area (Å²) in [5.41, 5.74) is 7.42. The van der Waals surface area contributed by atoms with Crippen LogP contribution in [0.2, 0.25) is 0 Å². The lowest BCUT2D eigenvalue weighted by molar-refractivity contribution is -0.0494. The summed E-state index contributed by atoms with van der Waals surface area (Å²) in [5.74, 6) is 1.10. The van der Waals surface area contributed by atoms with E-state index in [1.54, 1.807) is 0 Å². The SMILES string of the molecule is CC(C)n1nc(-c2cnc(N)c(OC(F)F)c2)cc1[C@H]1[C@@H]2C[C@](C)(O)C[C@@H]21. The third kappa shape index (κ3) is 3.26. The molecule has 0 aliphatic heterocycles. The first-order valence-corrected chi connectivity index (χ1v) is 9.19. The highest BCUT2D eigenvalue weighted by Crippen LogP contribution is 2.66. The summed E-state index contributed by atoms with van der Waals surface area (Å²) in [6.45, 7) is 3.04. The Balaban J connectivity index is 1.66. The second-order valence-electron chi connectivity index (χ2n) is 8.24. The Morgan fingerprint density at radius 3 is 2.56 bits per heavy atom. The zero-order valence-corrected chi connectivity index (χ0v) is 15.6. The van der Waals surface area contributed by atoms with Crippen LogP contribution in [0.1, 0.15) is 51.3 Å². The van der Waals surface area contributed by atoms with Crippen LogP contribution in [0.25, 0.3) is 11.3 Å². The van der Waals surface area contributed by atoms with Crippen LogP contribution in [0.4, 0.5) is 14.6 Å². The fourth-order valence-electron chi connectivity index (χ4n) is 4.54. The zero-order chi connectivity index (χ0) is 19.5. The van der Waals surface area contributed by atoms with E-state index in [4.69, 9.17) is 5.73 Å². The zero-order valence-electron chi connectivity index (χ0n) is 15.6. The van der Waals surface area contributed by atoms with Crippen LogP contribution in [0.5, 0.6) is 5.75 Å². The van der Waals surface area contributed by atoms with Gasteiger partial charge < -0.3 is 15.6 Å². The monoisotopic (exact) mass is 378 g/mol. The Labute approximate surface area is 156 Å². The number of ether oxygens (including phenoxy) is 1. The standard InChI is InChI=1S/C19H24F2N4O2/c1-9(2)25-14(16-11-6-19(3,26)7-12(11)16)5-13(24-25)10-4-15(27-18(20)21)17(22)23-8-10/h4-5,8-9,11-12,16,18,26H,6-7H2,1-3H3,(H2,22,23)/t11-,12+,16+,19+. The van der Waals surface area contributed by atoms with E-state index >= 15 is 0 Å². The number of hydrogen-bond acceptors (Lipinski definition) is 5. The van der Waals surface area contributed by atoms with Gasteiger partial charge in [-0.25, -0.2) is 4.98 Å². The summed E-state index contributed by atoms with van der Waals surface area (Å²) in [5, 5.41) is 14.9. The van der Waals surface area contributed by atoms with E-state index in [2.05, 4.69) is 28.7 Å². The Morgan fingerprint density at radius 1 is 1.30 bits per heavy atom. The molecule has 0 amide bonds. The van der Waals surface area contributed by atoms with E-state index in [1.807, 2.05) is 17.7 Å². The van der Waals surface area contributed by atoms with Gasteiger partial charge in [-0.2, -0.15) is 13.9 Å². The van der Waals surface area contributed by atoms with Gasteiger partial charge in [-0.05, 0) is 57.6 Å². The number of rotatable bonds is 5. The van der Waals surface area contributed by atoms with Crippen LogP contribution in [0.3, 0.4) is 0 Å². The number of aliphatic hydroxyl groups is 1. The molecule has 27 heavy (non-hydrogen) atoms. The number of aromatic nitrogens is 3. The van der Waals surface area contributed by atoms with Crippen LogP contribution in [0.15, 0.2) is 18.3 Å². The van der Waals surface area contributed by atoms with Crippen molar-refractivity contribution in [1.82, 2.24) is 14.8 Å². The van der Waals surface area contributed by atoms with Gasteiger partial charge in [0.15, 0.2) is 11.6 Å². The van der Waals surface area contributed by atoms with Crippen molar-refractivity contribution in [2.75, 3.05) is 5.73 Å². The van der Waals surface area contributed by atoms with E-state index in [1.165, 1.54) is 12.3 Å². The number of nitrogen functional groups attached to an aromatic ring is 1. The molecule has 0 spiro atoms. The van der Waals surface area contributed by atoms with Crippen molar-refractivity contribution in [3.8, 4) is 17.0 Å². The molecule has 0 unspecified atom stereocenters. The molecule has 2 saturated carbocycles. The minimum Gasteiger partial charge on any atom is -0.431 e. The van der Waals surface area contributed by atoms with Crippen molar-refractivity contribution in [1.29, 1.82) is 0 Å². The van der Waals surface area contributed by atoms with Crippen molar-refractivity contribution < 1.29 is 18.6 Å². The molecule has 0 saturated heterocycles. The molecule has 146 valence electrons. The number of fused-ring (bicyclic) bond motifs is 1. The predicted molar refractivity (Wildman–Crippen MR) is 96.5 cm³/mol. The molecular formula is C19H24F2N4O2. The first-order valence-electron chi connectivity index (χ1n) is 9.19. The summed E-state index contributed by atoms with van der Waals surface area (Å²) in [4.78, 5) is 3.97. The maximum absolute atomic E-state index is 12.6. The topological polar surface area (TPSA) is 86.2 Å². The van der Waals surface area contributed by atoms with Crippen molar-refractivity contribution in [2.24, 2.45) is 11.8 Å². The molecule has 3 N–H and O–H groups in total.